The molecule has 0 bridgehead atoms. The number of carbonyl (C=O) groups is 1. The van der Waals surface area contributed by atoms with Crippen LogP contribution in [0, 0.1) is 11.7 Å². The zero-order chi connectivity index (χ0) is 20.1. The van der Waals surface area contributed by atoms with Gasteiger partial charge in [-0.1, -0.05) is 12.1 Å². The Bertz CT molecular complexity index is 820. The van der Waals surface area contributed by atoms with Gasteiger partial charge in [0.05, 0.1) is 17.8 Å². The van der Waals surface area contributed by atoms with E-state index in [9.17, 15) is 14.3 Å². The molecule has 1 aliphatic rings. The van der Waals surface area contributed by atoms with Gasteiger partial charge < -0.3 is 19.9 Å². The molecule has 0 saturated heterocycles. The lowest BCUT2D eigenvalue weighted by molar-refractivity contribution is 0.0354. The highest BCUT2D eigenvalue weighted by Crippen LogP contribution is 2.39. The van der Waals surface area contributed by atoms with Crippen molar-refractivity contribution in [3.63, 3.8) is 0 Å². The molecular weight excluding hydrogens is 363 g/mol. The van der Waals surface area contributed by atoms with Crippen LogP contribution in [0.25, 0.3) is 11.1 Å². The standard InChI is InChI=1S/C21H25FN2O4/c1-21(26,16-5-6-16)13-24-19(25)15-11-18(14-3-7-17(22)8-4-14)20(23-12-15)28-10-9-27-2/h3-4,7-8,11-12,16,26H,5-6,9-10,13H2,1-2H3,(H,24,25). The fourth-order valence-electron chi connectivity index (χ4n) is 2.96. The minimum atomic E-state index is -0.911. The van der Waals surface area contributed by atoms with Crippen LogP contribution in [0.1, 0.15) is 30.1 Å². The summed E-state index contributed by atoms with van der Waals surface area (Å²) in [5.74, 6) is -0.113. The lowest BCUT2D eigenvalue weighted by atomic mass is 10.0. The normalized spacial score (nSPS) is 15.7. The molecule has 0 radical (unpaired) electrons. The van der Waals surface area contributed by atoms with Gasteiger partial charge in [-0.3, -0.25) is 4.79 Å². The third kappa shape index (κ3) is 5.05. The van der Waals surface area contributed by atoms with Crippen LogP contribution in [-0.4, -0.2) is 48.5 Å². The zero-order valence-electron chi connectivity index (χ0n) is 16.1. The maximum atomic E-state index is 13.3. The molecule has 0 aliphatic heterocycles. The van der Waals surface area contributed by atoms with Gasteiger partial charge in [0, 0.05) is 25.4 Å². The summed E-state index contributed by atoms with van der Waals surface area (Å²) in [6.45, 7) is 2.60. The molecule has 2 N–H and O–H groups in total. The lowest BCUT2D eigenvalue weighted by Crippen LogP contribution is -2.42. The van der Waals surface area contributed by atoms with Gasteiger partial charge in [-0.05, 0) is 49.4 Å². The topological polar surface area (TPSA) is 80.7 Å². The van der Waals surface area contributed by atoms with Crippen LogP contribution in [-0.2, 0) is 4.74 Å². The van der Waals surface area contributed by atoms with Gasteiger partial charge in [0.15, 0.2) is 0 Å². The van der Waals surface area contributed by atoms with E-state index in [-0.39, 0.29) is 24.2 Å². The van der Waals surface area contributed by atoms with Crippen molar-refractivity contribution in [2.24, 2.45) is 5.92 Å². The van der Waals surface area contributed by atoms with Crippen LogP contribution in [0.15, 0.2) is 36.5 Å². The van der Waals surface area contributed by atoms with E-state index >= 15 is 0 Å². The van der Waals surface area contributed by atoms with Crippen molar-refractivity contribution in [2.75, 3.05) is 26.9 Å². The first-order chi connectivity index (χ1) is 13.4. The average Bonchev–Trinajstić information content (AvgIpc) is 3.53. The third-order valence-corrected chi connectivity index (χ3v) is 4.86. The van der Waals surface area contributed by atoms with Crippen LogP contribution in [0.4, 0.5) is 4.39 Å². The van der Waals surface area contributed by atoms with Gasteiger partial charge in [0.1, 0.15) is 12.4 Å². The Hall–Kier alpha value is -2.51. The minimum Gasteiger partial charge on any atom is -0.475 e. The summed E-state index contributed by atoms with van der Waals surface area (Å²) < 4.78 is 23.9. The Kier molecular flexibility index (Phi) is 6.26. The van der Waals surface area contributed by atoms with Gasteiger partial charge in [0.2, 0.25) is 5.88 Å². The number of pyridine rings is 1. The zero-order valence-corrected chi connectivity index (χ0v) is 16.1. The number of ether oxygens (including phenoxy) is 2. The lowest BCUT2D eigenvalue weighted by Gasteiger charge is -2.23. The number of nitrogens with one attached hydrogen (secondary N) is 1. The van der Waals surface area contributed by atoms with E-state index in [1.54, 1.807) is 32.2 Å². The highest BCUT2D eigenvalue weighted by Gasteiger charge is 2.40. The van der Waals surface area contributed by atoms with Crippen molar-refractivity contribution in [1.29, 1.82) is 0 Å². The number of rotatable bonds is 9. The Morgan fingerprint density at radius 2 is 2.04 bits per heavy atom. The Balaban J connectivity index is 1.80. The van der Waals surface area contributed by atoms with Crippen molar-refractivity contribution in [3.05, 3.63) is 47.9 Å². The smallest absolute Gasteiger partial charge is 0.252 e. The summed E-state index contributed by atoms with van der Waals surface area (Å²) in [5.41, 5.74) is 0.690. The molecular formula is C21H25FN2O4. The van der Waals surface area contributed by atoms with Gasteiger partial charge in [-0.2, -0.15) is 0 Å². The summed E-state index contributed by atoms with van der Waals surface area (Å²) in [6.07, 6.45) is 3.38. The second kappa shape index (κ2) is 8.67. The van der Waals surface area contributed by atoms with Crippen molar-refractivity contribution >= 4 is 5.91 Å². The number of aromatic nitrogens is 1. The van der Waals surface area contributed by atoms with Crippen LogP contribution in [0.5, 0.6) is 5.88 Å². The summed E-state index contributed by atoms with van der Waals surface area (Å²) >= 11 is 0. The number of halogens is 1. The minimum absolute atomic E-state index is 0.175. The maximum absolute atomic E-state index is 13.3. The molecule has 1 aromatic heterocycles. The molecule has 1 heterocycles. The molecule has 2 aromatic rings. The van der Waals surface area contributed by atoms with Crippen LogP contribution < -0.4 is 10.1 Å². The molecule has 7 heteroatoms. The van der Waals surface area contributed by atoms with Crippen LogP contribution in [0.2, 0.25) is 0 Å². The Morgan fingerprint density at radius 1 is 1.32 bits per heavy atom. The van der Waals surface area contributed by atoms with Crippen LogP contribution in [0.3, 0.4) is 0 Å². The van der Waals surface area contributed by atoms with Gasteiger partial charge in [-0.25, -0.2) is 9.37 Å². The highest BCUT2D eigenvalue weighted by molar-refractivity contribution is 5.95. The first-order valence-electron chi connectivity index (χ1n) is 9.29. The van der Waals surface area contributed by atoms with E-state index in [4.69, 9.17) is 9.47 Å². The van der Waals surface area contributed by atoms with E-state index in [0.29, 0.717) is 35.8 Å². The molecule has 150 valence electrons. The quantitative estimate of drug-likeness (QED) is 0.646. The third-order valence-electron chi connectivity index (χ3n) is 4.86. The van der Waals surface area contributed by atoms with Crippen molar-refractivity contribution in [2.45, 2.75) is 25.4 Å². The molecule has 3 rings (SSSR count). The highest BCUT2D eigenvalue weighted by atomic mass is 19.1. The number of amides is 1. The first-order valence-corrected chi connectivity index (χ1v) is 9.29. The predicted octanol–water partition coefficient (Wildman–Crippen LogP) is 2.80. The summed E-state index contributed by atoms with van der Waals surface area (Å²) in [6, 6.07) is 7.55. The number of carbonyl (C=O) groups excluding carboxylic acids is 1. The van der Waals surface area contributed by atoms with E-state index in [0.717, 1.165) is 12.8 Å². The second-order valence-electron chi connectivity index (χ2n) is 7.24. The Labute approximate surface area is 163 Å². The molecule has 1 aliphatic carbocycles. The Morgan fingerprint density at radius 3 is 2.68 bits per heavy atom. The maximum Gasteiger partial charge on any atom is 0.252 e. The van der Waals surface area contributed by atoms with Crippen molar-refractivity contribution in [3.8, 4) is 17.0 Å². The summed E-state index contributed by atoms with van der Waals surface area (Å²) in [4.78, 5) is 16.8. The van der Waals surface area contributed by atoms with E-state index in [2.05, 4.69) is 10.3 Å². The predicted molar refractivity (Wildman–Crippen MR) is 103 cm³/mol. The van der Waals surface area contributed by atoms with Gasteiger partial charge >= 0.3 is 0 Å². The molecule has 1 unspecified atom stereocenters. The summed E-state index contributed by atoms with van der Waals surface area (Å²) in [7, 11) is 1.57. The number of methoxy groups -OCH3 is 1. The molecule has 1 aromatic carbocycles. The average molecular weight is 388 g/mol. The second-order valence-corrected chi connectivity index (χ2v) is 7.24. The van der Waals surface area contributed by atoms with Crippen molar-refractivity contribution in [1.82, 2.24) is 10.3 Å². The summed E-state index contributed by atoms with van der Waals surface area (Å²) in [5, 5.41) is 13.1. The van der Waals surface area contributed by atoms with E-state index in [1.807, 2.05) is 0 Å². The number of benzene rings is 1. The fourth-order valence-corrected chi connectivity index (χ4v) is 2.96. The van der Waals surface area contributed by atoms with Crippen LogP contribution >= 0.6 is 0 Å². The first kappa shape index (κ1) is 20.2. The molecule has 1 amide bonds. The van der Waals surface area contributed by atoms with Gasteiger partial charge in [-0.15, -0.1) is 0 Å². The van der Waals surface area contributed by atoms with E-state index in [1.165, 1.54) is 18.3 Å². The molecule has 0 spiro atoms. The largest absolute Gasteiger partial charge is 0.475 e. The number of hydrogen-bond acceptors (Lipinski definition) is 5. The molecule has 6 nitrogen and oxygen atoms in total. The monoisotopic (exact) mass is 388 g/mol. The van der Waals surface area contributed by atoms with Gasteiger partial charge in [0.25, 0.3) is 5.91 Å². The molecule has 1 atom stereocenters. The number of nitrogens with zero attached hydrogens (tertiary/aromatic N) is 1. The molecule has 1 fully saturated rings. The SMILES string of the molecule is COCCOc1ncc(C(=O)NCC(C)(O)C2CC2)cc1-c1ccc(F)cc1. The van der Waals surface area contributed by atoms with E-state index < -0.39 is 5.60 Å². The molecule has 1 saturated carbocycles. The number of hydrogen-bond donors (Lipinski definition) is 2. The fraction of sp³-hybridized carbons (Fsp3) is 0.429. The molecule has 28 heavy (non-hydrogen) atoms. The van der Waals surface area contributed by atoms with Crippen molar-refractivity contribution < 1.29 is 23.8 Å². The number of aliphatic hydroxyl groups is 1.